The van der Waals surface area contributed by atoms with Crippen molar-refractivity contribution in [2.45, 2.75) is 77.0 Å². The van der Waals surface area contributed by atoms with Crippen molar-refractivity contribution < 1.29 is 19.8 Å². The molecule has 0 bridgehead atoms. The molecule has 142 valence electrons. The molecule has 0 unspecified atom stereocenters. The molecule has 4 nitrogen and oxygen atoms in total. The highest BCUT2D eigenvalue weighted by Gasteiger charge is 1.98. The second kappa shape index (κ2) is 19.0. The molecule has 0 aromatic carbocycles. The summed E-state index contributed by atoms with van der Waals surface area (Å²) >= 11 is 3.51. The lowest BCUT2D eigenvalue weighted by Gasteiger charge is -2.03. The minimum atomic E-state index is -0.695. The number of hydrogen-bond donors (Lipinski definition) is 2. The molecule has 6 heteroatoms. The molecule has 0 amide bonds. The van der Waals surface area contributed by atoms with E-state index in [1.54, 1.807) is 23.5 Å². The van der Waals surface area contributed by atoms with Crippen molar-refractivity contribution >= 4 is 35.5 Å². The number of aliphatic carboxylic acids is 2. The Morgan fingerprint density at radius 3 is 1.08 bits per heavy atom. The van der Waals surface area contributed by atoms with Crippen molar-refractivity contribution in [3.8, 4) is 0 Å². The van der Waals surface area contributed by atoms with Crippen molar-refractivity contribution in [3.63, 3.8) is 0 Å². The number of carboxylic acids is 2. The van der Waals surface area contributed by atoms with Crippen molar-refractivity contribution in [1.29, 1.82) is 0 Å². The van der Waals surface area contributed by atoms with E-state index in [0.29, 0.717) is 0 Å². The molecule has 0 atom stereocenters. The summed E-state index contributed by atoms with van der Waals surface area (Å²) in [6, 6.07) is 0. The monoisotopic (exact) mass is 378 g/mol. The Bertz CT molecular complexity index is 281. The Hall–Kier alpha value is -0.360. The first-order chi connectivity index (χ1) is 11.6. The van der Waals surface area contributed by atoms with Crippen LogP contribution in [0.2, 0.25) is 0 Å². The van der Waals surface area contributed by atoms with Crippen molar-refractivity contribution in [2.24, 2.45) is 0 Å². The smallest absolute Gasteiger partial charge is 0.304 e. The number of carboxylic acid groups (broad SMARTS) is 2. The molecule has 0 aliphatic carbocycles. The maximum Gasteiger partial charge on any atom is 0.304 e. The largest absolute Gasteiger partial charge is 0.481 e. The van der Waals surface area contributed by atoms with Crippen LogP contribution in [0.1, 0.15) is 77.0 Å². The first kappa shape index (κ1) is 23.6. The van der Waals surface area contributed by atoms with E-state index in [9.17, 15) is 9.59 Å². The third-order valence-corrected chi connectivity index (χ3v) is 5.89. The minimum Gasteiger partial charge on any atom is -0.481 e. The normalized spacial score (nSPS) is 10.8. The van der Waals surface area contributed by atoms with Crippen molar-refractivity contribution in [2.75, 3.05) is 23.0 Å². The molecule has 0 heterocycles. The molecule has 0 rings (SSSR count). The average Bonchev–Trinajstić information content (AvgIpc) is 2.53. The number of carbonyl (C=O) groups is 2. The summed E-state index contributed by atoms with van der Waals surface area (Å²) in [5.41, 5.74) is 0. The molecule has 0 aliphatic heterocycles. The van der Waals surface area contributed by atoms with Crippen LogP contribution in [0.25, 0.3) is 0 Å². The van der Waals surface area contributed by atoms with Crippen LogP contribution in [0.15, 0.2) is 0 Å². The highest BCUT2D eigenvalue weighted by atomic mass is 32.2. The van der Waals surface area contributed by atoms with Crippen LogP contribution in [-0.4, -0.2) is 45.2 Å². The van der Waals surface area contributed by atoms with Gasteiger partial charge in [-0.2, -0.15) is 23.5 Å². The summed E-state index contributed by atoms with van der Waals surface area (Å²) in [5.74, 6) is 2.29. The minimum absolute atomic E-state index is 0.283. The molecular formula is C18H34O4S2. The highest BCUT2D eigenvalue weighted by Crippen LogP contribution is 2.14. The molecule has 0 aromatic heterocycles. The van der Waals surface area contributed by atoms with E-state index < -0.39 is 11.9 Å². The van der Waals surface area contributed by atoms with Crippen LogP contribution in [0, 0.1) is 0 Å². The zero-order valence-corrected chi connectivity index (χ0v) is 16.5. The van der Waals surface area contributed by atoms with E-state index >= 15 is 0 Å². The number of thioether (sulfide) groups is 2. The zero-order chi connectivity index (χ0) is 17.9. The first-order valence-electron chi connectivity index (χ1n) is 9.22. The quantitative estimate of drug-likeness (QED) is 0.297. The van der Waals surface area contributed by atoms with E-state index in [-0.39, 0.29) is 12.8 Å². The van der Waals surface area contributed by atoms with Crippen LogP contribution < -0.4 is 0 Å². The van der Waals surface area contributed by atoms with E-state index in [0.717, 1.165) is 23.0 Å². The topological polar surface area (TPSA) is 74.6 Å². The molecule has 0 aromatic rings. The molecule has 24 heavy (non-hydrogen) atoms. The number of unbranched alkanes of at least 4 members (excludes halogenated alkanes) is 9. The van der Waals surface area contributed by atoms with Gasteiger partial charge < -0.3 is 10.2 Å². The van der Waals surface area contributed by atoms with Crippen LogP contribution in [0.5, 0.6) is 0 Å². The van der Waals surface area contributed by atoms with Gasteiger partial charge in [0.05, 0.1) is 12.8 Å². The molecule has 0 aliphatic rings. The fourth-order valence-electron chi connectivity index (χ4n) is 2.35. The Morgan fingerprint density at radius 2 is 0.792 bits per heavy atom. The predicted molar refractivity (Wildman–Crippen MR) is 105 cm³/mol. The van der Waals surface area contributed by atoms with Crippen molar-refractivity contribution in [1.82, 2.24) is 0 Å². The van der Waals surface area contributed by atoms with Gasteiger partial charge >= 0.3 is 11.9 Å². The summed E-state index contributed by atoms with van der Waals surface area (Å²) in [4.78, 5) is 20.7. The van der Waals surface area contributed by atoms with E-state index in [4.69, 9.17) is 10.2 Å². The molecule has 0 fully saturated rings. The Labute approximate surface area is 155 Å². The summed E-state index contributed by atoms with van der Waals surface area (Å²) in [7, 11) is 0. The van der Waals surface area contributed by atoms with Crippen LogP contribution in [0.3, 0.4) is 0 Å². The summed E-state index contributed by atoms with van der Waals surface area (Å²) in [6.07, 6.45) is 13.5. The maximum atomic E-state index is 10.3. The molecule has 0 saturated heterocycles. The predicted octanol–water partition coefficient (Wildman–Crippen LogP) is 5.30. The van der Waals surface area contributed by atoms with Gasteiger partial charge in [0.15, 0.2) is 0 Å². The van der Waals surface area contributed by atoms with Gasteiger partial charge in [-0.3, -0.25) is 9.59 Å². The van der Waals surface area contributed by atoms with Gasteiger partial charge in [0.1, 0.15) is 0 Å². The van der Waals surface area contributed by atoms with Crippen LogP contribution in [-0.2, 0) is 9.59 Å². The van der Waals surface area contributed by atoms with Crippen LogP contribution >= 0.6 is 23.5 Å². The third kappa shape index (κ3) is 21.6. The molecular weight excluding hydrogens is 344 g/mol. The van der Waals surface area contributed by atoms with Gasteiger partial charge in [-0.05, 0) is 24.3 Å². The fraction of sp³-hybridized carbons (Fsp3) is 0.889. The zero-order valence-electron chi connectivity index (χ0n) is 14.8. The Balaban J connectivity index is 3.00. The SMILES string of the molecule is O=C(O)CCSCCCCCCCCCCCCSCCC(=O)O. The number of rotatable bonds is 19. The first-order valence-corrected chi connectivity index (χ1v) is 11.5. The fourth-order valence-corrected chi connectivity index (χ4v) is 4.21. The van der Waals surface area contributed by atoms with Gasteiger partial charge in [-0.25, -0.2) is 0 Å². The number of hydrogen-bond acceptors (Lipinski definition) is 4. The standard InChI is InChI=1S/C18H34O4S2/c19-17(20)11-15-23-13-9-7-5-3-1-2-4-6-8-10-14-24-16-12-18(21)22/h1-16H2,(H,19,20)(H,21,22). The molecule has 2 N–H and O–H groups in total. The van der Waals surface area contributed by atoms with Gasteiger partial charge in [0.2, 0.25) is 0 Å². The van der Waals surface area contributed by atoms with Gasteiger partial charge in [0.25, 0.3) is 0 Å². The summed E-state index contributed by atoms with van der Waals surface area (Å²) < 4.78 is 0. The van der Waals surface area contributed by atoms with Crippen LogP contribution in [0.4, 0.5) is 0 Å². The van der Waals surface area contributed by atoms with E-state index in [1.807, 2.05) is 0 Å². The van der Waals surface area contributed by atoms with Crippen molar-refractivity contribution in [3.05, 3.63) is 0 Å². The lowest BCUT2D eigenvalue weighted by molar-refractivity contribution is -0.137. The van der Waals surface area contributed by atoms with Gasteiger partial charge in [-0.15, -0.1) is 0 Å². The lowest BCUT2D eigenvalue weighted by atomic mass is 10.1. The summed E-state index contributed by atoms with van der Waals surface area (Å²) in [5, 5.41) is 17.0. The maximum absolute atomic E-state index is 10.3. The molecule has 0 saturated carbocycles. The molecule has 0 radical (unpaired) electrons. The second-order valence-corrected chi connectivity index (χ2v) is 8.50. The van der Waals surface area contributed by atoms with Gasteiger partial charge in [0, 0.05) is 11.5 Å². The Morgan fingerprint density at radius 1 is 0.500 bits per heavy atom. The van der Waals surface area contributed by atoms with Gasteiger partial charge in [-0.1, -0.05) is 51.4 Å². The summed E-state index contributed by atoms with van der Waals surface area (Å²) in [6.45, 7) is 0. The average molecular weight is 379 g/mol. The molecule has 0 spiro atoms. The Kier molecular flexibility index (Phi) is 18.7. The third-order valence-electron chi connectivity index (χ3n) is 3.75. The highest BCUT2D eigenvalue weighted by molar-refractivity contribution is 7.99. The van der Waals surface area contributed by atoms with E-state index in [1.165, 1.54) is 64.2 Å². The second-order valence-electron chi connectivity index (χ2n) is 6.05. The lowest BCUT2D eigenvalue weighted by Crippen LogP contribution is -1.96. The van der Waals surface area contributed by atoms with E-state index in [2.05, 4.69) is 0 Å².